The zero-order valence-corrected chi connectivity index (χ0v) is 20.8. The first-order chi connectivity index (χ1) is 17.9. The fraction of sp³-hybridized carbons (Fsp3) is 0.167. The number of ether oxygens (including phenoxy) is 2. The number of non-ortho nitro benzene ring substituents is 1. The standard InChI is InChI=1S/C24H20N4O7S2/c29-23(15-34-19-8-3-17(4-9-19)24-36-11-12-37-24)26-25-14-16-1-6-20(7-2-16)35-22-10-5-18(27(30)31)13-21(22)28(32)33/h1-10,13-14,24H,11-12,15H2,(H,26,29)/b25-14-. The molecule has 190 valence electrons. The Morgan fingerprint density at radius 3 is 2.30 bits per heavy atom. The molecule has 0 unspecified atom stereocenters. The molecule has 3 aromatic carbocycles. The predicted molar refractivity (Wildman–Crippen MR) is 142 cm³/mol. The molecular formula is C24H20N4O7S2. The highest BCUT2D eigenvalue weighted by Gasteiger charge is 2.21. The Balaban J connectivity index is 1.26. The molecule has 37 heavy (non-hydrogen) atoms. The molecule has 1 amide bonds. The van der Waals surface area contributed by atoms with Crippen LogP contribution in [0, 0.1) is 20.2 Å². The second-order valence-electron chi connectivity index (χ2n) is 7.56. The van der Waals surface area contributed by atoms with Gasteiger partial charge >= 0.3 is 5.69 Å². The molecular weight excluding hydrogens is 520 g/mol. The highest BCUT2D eigenvalue weighted by atomic mass is 32.2. The lowest BCUT2D eigenvalue weighted by molar-refractivity contribution is -0.394. The van der Waals surface area contributed by atoms with E-state index in [1.165, 1.54) is 17.8 Å². The average Bonchev–Trinajstić information content (AvgIpc) is 3.44. The van der Waals surface area contributed by atoms with Gasteiger partial charge in [0, 0.05) is 17.6 Å². The van der Waals surface area contributed by atoms with E-state index in [0.29, 0.717) is 15.9 Å². The third kappa shape index (κ3) is 7.21. The van der Waals surface area contributed by atoms with Crippen LogP contribution in [0.5, 0.6) is 17.2 Å². The van der Waals surface area contributed by atoms with Crippen molar-refractivity contribution in [3.8, 4) is 17.2 Å². The Hall–Kier alpha value is -4.10. The number of nitro benzene ring substituents is 2. The molecule has 1 N–H and O–H groups in total. The van der Waals surface area contributed by atoms with Gasteiger partial charge in [-0.1, -0.05) is 12.1 Å². The molecule has 0 atom stereocenters. The van der Waals surface area contributed by atoms with Crippen LogP contribution in [0.25, 0.3) is 0 Å². The highest BCUT2D eigenvalue weighted by molar-refractivity contribution is 8.19. The maximum absolute atomic E-state index is 12.0. The van der Waals surface area contributed by atoms with E-state index in [9.17, 15) is 25.0 Å². The van der Waals surface area contributed by atoms with Gasteiger partial charge in [-0.25, -0.2) is 5.43 Å². The number of nitrogens with one attached hydrogen (secondary N) is 1. The third-order valence-electron chi connectivity index (χ3n) is 5.00. The topological polar surface area (TPSA) is 146 Å². The fourth-order valence-corrected chi connectivity index (χ4v) is 6.09. The van der Waals surface area contributed by atoms with Crippen LogP contribution in [0.1, 0.15) is 15.7 Å². The maximum atomic E-state index is 12.0. The minimum atomic E-state index is -0.750. The van der Waals surface area contributed by atoms with Crippen molar-refractivity contribution in [3.05, 3.63) is 98.1 Å². The third-order valence-corrected chi connectivity index (χ3v) is 8.11. The van der Waals surface area contributed by atoms with Gasteiger partial charge in [-0.2, -0.15) is 5.10 Å². The molecule has 3 aromatic rings. The molecule has 11 nitrogen and oxygen atoms in total. The molecule has 0 radical (unpaired) electrons. The summed E-state index contributed by atoms with van der Waals surface area (Å²) in [4.78, 5) is 32.7. The second kappa shape index (κ2) is 12.2. The van der Waals surface area contributed by atoms with Crippen LogP contribution < -0.4 is 14.9 Å². The van der Waals surface area contributed by atoms with Gasteiger partial charge in [0.05, 0.1) is 26.7 Å². The summed E-state index contributed by atoms with van der Waals surface area (Å²) in [5.41, 5.74) is 3.32. The van der Waals surface area contributed by atoms with E-state index in [2.05, 4.69) is 10.5 Å². The van der Waals surface area contributed by atoms with Crippen LogP contribution in [0.3, 0.4) is 0 Å². The van der Waals surface area contributed by atoms with Gasteiger partial charge in [-0.15, -0.1) is 23.5 Å². The summed E-state index contributed by atoms with van der Waals surface area (Å²) < 4.78 is 11.5. The zero-order valence-electron chi connectivity index (χ0n) is 19.1. The van der Waals surface area contributed by atoms with Gasteiger partial charge in [-0.05, 0) is 53.6 Å². The van der Waals surface area contributed by atoms with Crippen LogP contribution in [-0.4, -0.2) is 40.1 Å². The Morgan fingerprint density at radius 2 is 1.65 bits per heavy atom. The van der Waals surface area contributed by atoms with E-state index >= 15 is 0 Å². The minimum Gasteiger partial charge on any atom is -0.484 e. The summed E-state index contributed by atoms with van der Waals surface area (Å²) in [5.74, 6) is 2.63. The second-order valence-corrected chi connectivity index (χ2v) is 10.3. The van der Waals surface area contributed by atoms with E-state index in [1.807, 2.05) is 47.8 Å². The molecule has 13 heteroatoms. The monoisotopic (exact) mass is 540 g/mol. The van der Waals surface area contributed by atoms with Crippen LogP contribution in [0.4, 0.5) is 11.4 Å². The molecule has 4 rings (SSSR count). The maximum Gasteiger partial charge on any atom is 0.318 e. The minimum absolute atomic E-state index is 0.129. The first-order valence-electron chi connectivity index (χ1n) is 10.9. The van der Waals surface area contributed by atoms with Crippen LogP contribution >= 0.6 is 23.5 Å². The van der Waals surface area contributed by atoms with Gasteiger partial charge in [0.1, 0.15) is 11.5 Å². The number of rotatable bonds is 10. The highest BCUT2D eigenvalue weighted by Crippen LogP contribution is 2.45. The summed E-state index contributed by atoms with van der Waals surface area (Å²) in [6.07, 6.45) is 1.42. The predicted octanol–water partition coefficient (Wildman–Crippen LogP) is 5.30. The number of amides is 1. The number of carbonyl (C=O) groups excluding carboxylic acids is 1. The van der Waals surface area contributed by atoms with Crippen molar-refractivity contribution in [2.24, 2.45) is 5.10 Å². The smallest absolute Gasteiger partial charge is 0.318 e. The normalized spacial score (nSPS) is 13.4. The molecule has 1 heterocycles. The lowest BCUT2D eigenvalue weighted by Crippen LogP contribution is -2.24. The molecule has 1 aliphatic rings. The van der Waals surface area contributed by atoms with Gasteiger partial charge in [0.25, 0.3) is 11.6 Å². The summed E-state index contributed by atoms with van der Waals surface area (Å²) in [5, 5.41) is 26.0. The van der Waals surface area contributed by atoms with Crippen molar-refractivity contribution >= 4 is 47.0 Å². The molecule has 0 saturated carbocycles. The molecule has 0 aliphatic carbocycles. The largest absolute Gasteiger partial charge is 0.484 e. The number of hydrazone groups is 1. The number of thioether (sulfide) groups is 2. The Morgan fingerprint density at radius 1 is 0.973 bits per heavy atom. The van der Waals surface area contributed by atoms with Gasteiger partial charge in [-0.3, -0.25) is 25.0 Å². The number of hydrogen-bond acceptors (Lipinski definition) is 10. The van der Waals surface area contributed by atoms with Crippen LogP contribution in [0.15, 0.2) is 71.8 Å². The van der Waals surface area contributed by atoms with Crippen molar-refractivity contribution in [2.45, 2.75) is 4.58 Å². The number of nitrogens with zero attached hydrogens (tertiary/aromatic N) is 3. The fourth-order valence-electron chi connectivity index (χ4n) is 3.23. The summed E-state index contributed by atoms with van der Waals surface area (Å²) >= 11 is 3.84. The van der Waals surface area contributed by atoms with Gasteiger partial charge < -0.3 is 9.47 Å². The molecule has 1 aliphatic heterocycles. The van der Waals surface area contributed by atoms with Gasteiger partial charge in [0.2, 0.25) is 5.75 Å². The lowest BCUT2D eigenvalue weighted by Gasteiger charge is -2.10. The molecule has 0 aromatic heterocycles. The Bertz CT molecular complexity index is 1310. The Labute approximate surface area is 219 Å². The molecule has 1 saturated heterocycles. The molecule has 0 spiro atoms. The summed E-state index contributed by atoms with van der Waals surface area (Å²) in [7, 11) is 0. The number of benzene rings is 3. The van der Waals surface area contributed by atoms with Crippen molar-refractivity contribution in [1.82, 2.24) is 5.43 Å². The van der Waals surface area contributed by atoms with Crippen molar-refractivity contribution in [1.29, 1.82) is 0 Å². The van der Waals surface area contributed by atoms with Gasteiger partial charge in [0.15, 0.2) is 6.61 Å². The van der Waals surface area contributed by atoms with E-state index in [4.69, 9.17) is 9.47 Å². The van der Waals surface area contributed by atoms with E-state index < -0.39 is 27.1 Å². The lowest BCUT2D eigenvalue weighted by atomic mass is 10.2. The van der Waals surface area contributed by atoms with E-state index in [-0.39, 0.29) is 18.1 Å². The summed E-state index contributed by atoms with van der Waals surface area (Å²) in [6.45, 7) is -0.190. The SMILES string of the molecule is O=C(COc1ccc(C2SCCS2)cc1)N/N=C\c1ccc(Oc2ccc([N+](=O)[O-])cc2[N+](=O)[O-])cc1. The number of nitro groups is 2. The molecule has 1 fully saturated rings. The van der Waals surface area contributed by atoms with Crippen molar-refractivity contribution in [2.75, 3.05) is 18.1 Å². The zero-order chi connectivity index (χ0) is 26.2. The first-order valence-corrected chi connectivity index (χ1v) is 13.0. The quantitative estimate of drug-likeness (QED) is 0.205. The number of hydrogen-bond donors (Lipinski definition) is 1. The summed E-state index contributed by atoms with van der Waals surface area (Å²) in [6, 6.07) is 17.2. The van der Waals surface area contributed by atoms with Crippen molar-refractivity contribution in [3.63, 3.8) is 0 Å². The van der Waals surface area contributed by atoms with E-state index in [0.717, 1.165) is 23.6 Å². The first kappa shape index (κ1) is 26.0. The van der Waals surface area contributed by atoms with Crippen LogP contribution in [0.2, 0.25) is 0 Å². The average molecular weight is 541 g/mol. The van der Waals surface area contributed by atoms with Crippen molar-refractivity contribution < 1.29 is 24.1 Å². The van der Waals surface area contributed by atoms with Crippen LogP contribution in [-0.2, 0) is 4.79 Å². The number of carbonyl (C=O) groups is 1. The molecule has 0 bridgehead atoms. The van der Waals surface area contributed by atoms with E-state index in [1.54, 1.807) is 24.3 Å². The Kier molecular flexibility index (Phi) is 8.59.